The lowest BCUT2D eigenvalue weighted by molar-refractivity contribution is -0.140. The monoisotopic (exact) mass is 427 g/mol. The van der Waals surface area contributed by atoms with Crippen LogP contribution >= 0.6 is 11.3 Å². The van der Waals surface area contributed by atoms with Gasteiger partial charge in [0.15, 0.2) is 5.83 Å². The fraction of sp³-hybridized carbons (Fsp3) is 0.389. The maximum Gasteiger partial charge on any atom is 0.405 e. The lowest BCUT2D eigenvalue weighted by Gasteiger charge is -2.32. The van der Waals surface area contributed by atoms with Gasteiger partial charge in [-0.2, -0.15) is 13.2 Å². The Bertz CT molecular complexity index is 986. The van der Waals surface area contributed by atoms with Crippen molar-refractivity contribution in [2.24, 2.45) is 4.99 Å². The molecule has 1 saturated heterocycles. The van der Waals surface area contributed by atoms with Gasteiger partial charge in [0.2, 0.25) is 5.91 Å². The number of thiazole rings is 1. The summed E-state index contributed by atoms with van der Waals surface area (Å²) in [6, 6.07) is 4.70. The number of likely N-dealkylation sites (tertiary alicyclic amines) is 1. The van der Waals surface area contributed by atoms with Gasteiger partial charge < -0.3 is 15.5 Å². The largest absolute Gasteiger partial charge is 0.405 e. The summed E-state index contributed by atoms with van der Waals surface area (Å²) in [6.45, 7) is -1.06. The second-order valence-electron chi connectivity index (χ2n) is 6.79. The zero-order valence-corrected chi connectivity index (χ0v) is 15.9. The van der Waals surface area contributed by atoms with Gasteiger partial charge in [-0.1, -0.05) is 6.07 Å². The predicted octanol–water partition coefficient (Wildman–Crippen LogP) is 3.25. The van der Waals surface area contributed by atoms with Crippen LogP contribution in [0.4, 0.5) is 17.6 Å². The summed E-state index contributed by atoms with van der Waals surface area (Å²) in [5.74, 6) is -1.36. The van der Waals surface area contributed by atoms with Crippen LogP contribution in [0.5, 0.6) is 0 Å². The van der Waals surface area contributed by atoms with E-state index in [0.29, 0.717) is 19.4 Å². The predicted molar refractivity (Wildman–Crippen MR) is 101 cm³/mol. The number of alkyl halides is 3. The van der Waals surface area contributed by atoms with Gasteiger partial charge in [-0.05, 0) is 30.5 Å². The second-order valence-corrected chi connectivity index (χ2v) is 7.67. The number of fused-ring (bicyclic) bond motifs is 1. The third kappa shape index (κ3) is 4.19. The van der Waals surface area contributed by atoms with E-state index in [1.54, 1.807) is 5.51 Å². The van der Waals surface area contributed by atoms with Crippen LogP contribution in [0.3, 0.4) is 0 Å². The van der Waals surface area contributed by atoms with Gasteiger partial charge in [-0.15, -0.1) is 11.3 Å². The van der Waals surface area contributed by atoms with Crippen LogP contribution in [0.2, 0.25) is 0 Å². The molecule has 0 spiro atoms. The van der Waals surface area contributed by atoms with Gasteiger partial charge in [0.1, 0.15) is 24.6 Å². The minimum absolute atomic E-state index is 0.0686. The number of nitrogens with one attached hydrogen (secondary N) is 2. The highest BCUT2D eigenvalue weighted by atomic mass is 32.1. The van der Waals surface area contributed by atoms with E-state index in [1.807, 2.05) is 23.5 Å². The molecule has 1 fully saturated rings. The Labute approximate surface area is 167 Å². The minimum atomic E-state index is -4.50. The van der Waals surface area contributed by atoms with Gasteiger partial charge >= 0.3 is 6.18 Å². The standard InChI is InChI=1S/C18H17F4N5OS/c19-11-7-23-15(10-3-4-12-14(6-10)29-9-25-12)26-16(11)27-5-1-2-13(27)17(28)24-8-18(20,21)22/h3-4,6-7,9,13,15,26H,1-2,5,8H2,(H,24,28)/t13-,15?/m1/s1. The molecule has 1 amide bonds. The molecule has 4 rings (SSSR count). The van der Waals surface area contributed by atoms with Gasteiger partial charge in [0.05, 0.1) is 21.9 Å². The molecule has 0 saturated carbocycles. The first kappa shape index (κ1) is 19.6. The summed E-state index contributed by atoms with van der Waals surface area (Å²) in [5, 5.41) is 4.88. The summed E-state index contributed by atoms with van der Waals surface area (Å²) in [7, 11) is 0. The second kappa shape index (κ2) is 7.62. The van der Waals surface area contributed by atoms with Crippen LogP contribution < -0.4 is 10.6 Å². The van der Waals surface area contributed by atoms with Crippen LogP contribution in [-0.2, 0) is 4.79 Å². The van der Waals surface area contributed by atoms with Crippen LogP contribution in [-0.4, -0.2) is 47.3 Å². The molecule has 29 heavy (non-hydrogen) atoms. The third-order valence-electron chi connectivity index (χ3n) is 4.81. The van der Waals surface area contributed by atoms with E-state index < -0.39 is 36.7 Å². The van der Waals surface area contributed by atoms with Crippen LogP contribution in [0.15, 0.2) is 40.3 Å². The smallest absolute Gasteiger partial charge is 0.345 e. The zero-order chi connectivity index (χ0) is 20.6. The number of allylic oxidation sites excluding steroid dienone is 1. The number of carbonyl (C=O) groups is 1. The van der Waals surface area contributed by atoms with Crippen LogP contribution in [0, 0.1) is 0 Å². The number of carbonyl (C=O) groups excluding carboxylic acids is 1. The van der Waals surface area contributed by atoms with Gasteiger partial charge in [-0.25, -0.2) is 9.37 Å². The molecule has 6 nitrogen and oxygen atoms in total. The van der Waals surface area contributed by atoms with Crippen molar-refractivity contribution < 1.29 is 22.4 Å². The van der Waals surface area contributed by atoms with Gasteiger partial charge in [0.25, 0.3) is 0 Å². The number of halogens is 4. The Hall–Kier alpha value is -2.69. The molecule has 1 unspecified atom stereocenters. The maximum atomic E-state index is 14.5. The van der Waals surface area contributed by atoms with E-state index in [-0.39, 0.29) is 5.82 Å². The van der Waals surface area contributed by atoms with Crippen molar-refractivity contribution in [2.75, 3.05) is 13.1 Å². The lowest BCUT2D eigenvalue weighted by Crippen LogP contribution is -2.48. The Morgan fingerprint density at radius 3 is 3.00 bits per heavy atom. The zero-order valence-electron chi connectivity index (χ0n) is 15.0. The first-order valence-electron chi connectivity index (χ1n) is 8.95. The maximum absolute atomic E-state index is 14.5. The average Bonchev–Trinajstić information content (AvgIpc) is 3.34. The summed E-state index contributed by atoms with van der Waals surface area (Å²) < 4.78 is 52.7. The molecule has 0 aliphatic carbocycles. The quantitative estimate of drug-likeness (QED) is 0.735. The average molecular weight is 427 g/mol. The molecular weight excluding hydrogens is 410 g/mol. The van der Waals surface area contributed by atoms with E-state index in [9.17, 15) is 22.4 Å². The molecular formula is C18H17F4N5OS. The van der Waals surface area contributed by atoms with E-state index in [4.69, 9.17) is 0 Å². The molecule has 0 radical (unpaired) electrons. The first-order valence-corrected chi connectivity index (χ1v) is 9.83. The highest BCUT2D eigenvalue weighted by Gasteiger charge is 2.37. The first-order chi connectivity index (χ1) is 13.8. The third-order valence-corrected chi connectivity index (χ3v) is 5.61. The van der Waals surface area contributed by atoms with Gasteiger partial charge in [0, 0.05) is 6.54 Å². The van der Waals surface area contributed by atoms with E-state index in [0.717, 1.165) is 22.0 Å². The normalized spacial score (nSPS) is 22.3. The number of rotatable bonds is 4. The number of nitrogens with zero attached hydrogens (tertiary/aromatic N) is 3. The number of amides is 1. The Morgan fingerprint density at radius 1 is 1.38 bits per heavy atom. The van der Waals surface area contributed by atoms with Crippen molar-refractivity contribution in [3.8, 4) is 0 Å². The SMILES string of the molecule is O=C(NCC(F)(F)F)[C@H]1CCCN1C1=C(F)C=NC(c2ccc3ncsc3c2)N1. The number of hydrogen-bond donors (Lipinski definition) is 2. The molecule has 1 aromatic heterocycles. The highest BCUT2D eigenvalue weighted by molar-refractivity contribution is 7.16. The van der Waals surface area contributed by atoms with Crippen molar-refractivity contribution in [2.45, 2.75) is 31.2 Å². The summed E-state index contributed by atoms with van der Waals surface area (Å²) in [6.07, 6.45) is -3.08. The van der Waals surface area contributed by atoms with Crippen LogP contribution in [0.1, 0.15) is 24.6 Å². The summed E-state index contributed by atoms with van der Waals surface area (Å²) >= 11 is 1.47. The van der Waals surface area contributed by atoms with Crippen molar-refractivity contribution in [1.29, 1.82) is 0 Å². The van der Waals surface area contributed by atoms with E-state index in [2.05, 4.69) is 15.3 Å². The van der Waals surface area contributed by atoms with Crippen molar-refractivity contribution in [3.05, 3.63) is 40.9 Å². The Balaban J connectivity index is 1.52. The number of benzene rings is 1. The van der Waals surface area contributed by atoms with Crippen molar-refractivity contribution in [1.82, 2.24) is 20.5 Å². The van der Waals surface area contributed by atoms with E-state index in [1.165, 1.54) is 16.2 Å². The molecule has 11 heteroatoms. The fourth-order valence-corrected chi connectivity index (χ4v) is 4.21. The summed E-state index contributed by atoms with van der Waals surface area (Å²) in [5.41, 5.74) is 3.37. The molecule has 0 bridgehead atoms. The minimum Gasteiger partial charge on any atom is -0.345 e. The molecule has 2 aromatic rings. The number of hydrogen-bond acceptors (Lipinski definition) is 6. The molecule has 154 valence electrons. The summed E-state index contributed by atoms with van der Waals surface area (Å²) in [4.78, 5) is 22.1. The van der Waals surface area contributed by atoms with Crippen LogP contribution in [0.25, 0.3) is 10.2 Å². The number of aromatic nitrogens is 1. The Kier molecular flexibility index (Phi) is 5.15. The molecule has 2 aliphatic heterocycles. The lowest BCUT2D eigenvalue weighted by atomic mass is 10.1. The topological polar surface area (TPSA) is 69.6 Å². The highest BCUT2D eigenvalue weighted by Crippen LogP contribution is 2.30. The number of aliphatic imine (C=N–C) groups is 1. The van der Waals surface area contributed by atoms with E-state index >= 15 is 0 Å². The molecule has 3 heterocycles. The molecule has 2 atom stereocenters. The van der Waals surface area contributed by atoms with Gasteiger partial charge in [-0.3, -0.25) is 9.79 Å². The van der Waals surface area contributed by atoms with Crippen molar-refractivity contribution >= 4 is 33.7 Å². The molecule has 2 N–H and O–H groups in total. The molecule has 1 aromatic carbocycles. The Morgan fingerprint density at radius 2 is 2.21 bits per heavy atom. The fourth-order valence-electron chi connectivity index (χ4n) is 3.48. The molecule has 2 aliphatic rings. The van der Waals surface area contributed by atoms with Crippen molar-refractivity contribution in [3.63, 3.8) is 0 Å².